The molecule has 0 radical (unpaired) electrons. The van der Waals surface area contributed by atoms with Crippen molar-refractivity contribution in [1.82, 2.24) is 0 Å². The molecule has 2 atom stereocenters. The molecule has 0 N–H and O–H groups in total. The van der Waals surface area contributed by atoms with Gasteiger partial charge in [-0.25, -0.2) is 0 Å². The highest BCUT2D eigenvalue weighted by atomic mass is 35.5. The van der Waals surface area contributed by atoms with Crippen molar-refractivity contribution in [2.45, 2.75) is 43.8 Å². The molecule has 0 saturated heterocycles. The minimum atomic E-state index is -0.705. The summed E-state index contributed by atoms with van der Waals surface area (Å²) in [6, 6.07) is 16.1. The summed E-state index contributed by atoms with van der Waals surface area (Å²) < 4.78 is 5.07. The zero-order valence-electron chi connectivity index (χ0n) is 15.9. The minimum Gasteiger partial charge on any atom is -0.465 e. The Labute approximate surface area is 170 Å². The number of rotatable bonds is 9. The van der Waals surface area contributed by atoms with Crippen molar-refractivity contribution in [3.63, 3.8) is 0 Å². The van der Waals surface area contributed by atoms with Crippen molar-refractivity contribution in [1.29, 1.82) is 0 Å². The molecule has 0 saturated carbocycles. The molecule has 0 aliphatic carbocycles. The monoisotopic (exact) mass is 404 g/mol. The molecule has 0 aromatic heterocycles. The number of ketones is 1. The van der Waals surface area contributed by atoms with Crippen LogP contribution in [0.2, 0.25) is 5.02 Å². The number of carbonyl (C=O) groups is 2. The number of aryl methyl sites for hydroxylation is 1. The average molecular weight is 405 g/mol. The number of hydrogen-bond donors (Lipinski definition) is 0. The number of esters is 1. The zero-order valence-corrected chi connectivity index (χ0v) is 17.5. The third-order valence-electron chi connectivity index (χ3n) is 4.32. The van der Waals surface area contributed by atoms with Gasteiger partial charge in [-0.2, -0.15) is 0 Å². The largest absolute Gasteiger partial charge is 0.465 e. The van der Waals surface area contributed by atoms with Gasteiger partial charge < -0.3 is 4.74 Å². The first-order valence-corrected chi connectivity index (χ1v) is 10.3. The predicted molar refractivity (Wildman–Crippen MR) is 111 cm³/mol. The molecule has 2 rings (SSSR count). The van der Waals surface area contributed by atoms with E-state index in [0.29, 0.717) is 17.9 Å². The fourth-order valence-electron chi connectivity index (χ4n) is 2.80. The summed E-state index contributed by atoms with van der Waals surface area (Å²) in [5.41, 5.74) is 2.37. The maximum absolute atomic E-state index is 12.1. The summed E-state index contributed by atoms with van der Waals surface area (Å²) >= 11 is 7.70. The Bertz CT molecular complexity index is 756. The van der Waals surface area contributed by atoms with Crippen LogP contribution in [0.3, 0.4) is 0 Å². The van der Waals surface area contributed by atoms with Crippen LogP contribution in [0.1, 0.15) is 43.1 Å². The maximum atomic E-state index is 12.1. The van der Waals surface area contributed by atoms with E-state index in [4.69, 9.17) is 16.3 Å². The summed E-state index contributed by atoms with van der Waals surface area (Å²) in [5.74, 6) is -1.28. The highest BCUT2D eigenvalue weighted by molar-refractivity contribution is 7.99. The normalized spacial score (nSPS) is 13.0. The molecule has 2 aromatic rings. The smallest absolute Gasteiger partial charge is 0.316 e. The van der Waals surface area contributed by atoms with Crippen LogP contribution in [0.15, 0.2) is 53.4 Å². The summed E-state index contributed by atoms with van der Waals surface area (Å²) in [6.45, 7) is 5.54. The van der Waals surface area contributed by atoms with Gasteiger partial charge in [0.2, 0.25) is 0 Å². The quantitative estimate of drug-likeness (QED) is 0.290. The standard InChI is InChI=1S/C22H25ClO3S/c1-4-26-22(25)20(16(3)24)13-14-21(17-7-5-15(2)6-8-17)27-19-11-9-18(23)10-12-19/h5-12,20-21H,4,13-14H2,1-3H3. The van der Waals surface area contributed by atoms with Gasteiger partial charge >= 0.3 is 5.97 Å². The Kier molecular flexibility index (Phi) is 8.39. The molecular weight excluding hydrogens is 380 g/mol. The number of ether oxygens (including phenoxy) is 1. The lowest BCUT2D eigenvalue weighted by Crippen LogP contribution is -2.24. The second-order valence-corrected chi connectivity index (χ2v) is 8.18. The first-order chi connectivity index (χ1) is 12.9. The number of halogens is 1. The highest BCUT2D eigenvalue weighted by Gasteiger charge is 2.26. The summed E-state index contributed by atoms with van der Waals surface area (Å²) in [4.78, 5) is 25.1. The predicted octanol–water partition coefficient (Wildman–Crippen LogP) is 6.03. The zero-order chi connectivity index (χ0) is 19.8. The minimum absolute atomic E-state index is 0.128. The van der Waals surface area contributed by atoms with E-state index in [1.165, 1.54) is 18.1 Å². The lowest BCUT2D eigenvalue weighted by atomic mass is 9.96. The third kappa shape index (κ3) is 6.71. The van der Waals surface area contributed by atoms with Crippen molar-refractivity contribution in [3.8, 4) is 0 Å². The van der Waals surface area contributed by atoms with Gasteiger partial charge in [0.1, 0.15) is 11.7 Å². The first kappa shape index (κ1) is 21.5. The van der Waals surface area contributed by atoms with E-state index < -0.39 is 11.9 Å². The Morgan fingerprint density at radius 2 is 1.67 bits per heavy atom. The van der Waals surface area contributed by atoms with Gasteiger partial charge in [-0.1, -0.05) is 41.4 Å². The summed E-state index contributed by atoms with van der Waals surface area (Å²) in [6.07, 6.45) is 1.16. The molecule has 0 amide bonds. The molecule has 5 heteroatoms. The van der Waals surface area contributed by atoms with Crippen molar-refractivity contribution in [2.24, 2.45) is 5.92 Å². The van der Waals surface area contributed by atoms with Crippen LogP contribution in [-0.2, 0) is 14.3 Å². The second-order valence-electron chi connectivity index (χ2n) is 6.46. The van der Waals surface area contributed by atoms with Crippen LogP contribution >= 0.6 is 23.4 Å². The summed E-state index contributed by atoms with van der Waals surface area (Å²) in [5, 5.41) is 0.827. The van der Waals surface area contributed by atoms with Crippen LogP contribution in [0, 0.1) is 12.8 Å². The van der Waals surface area contributed by atoms with Crippen LogP contribution in [0.25, 0.3) is 0 Å². The molecule has 0 bridgehead atoms. The Balaban J connectivity index is 2.18. The van der Waals surface area contributed by atoms with E-state index in [2.05, 4.69) is 31.2 Å². The topological polar surface area (TPSA) is 43.4 Å². The third-order valence-corrected chi connectivity index (χ3v) is 5.91. The molecular formula is C22H25ClO3S. The van der Waals surface area contributed by atoms with Crippen LogP contribution in [-0.4, -0.2) is 18.4 Å². The van der Waals surface area contributed by atoms with Gasteiger partial charge in [-0.15, -0.1) is 11.8 Å². The molecule has 0 aliphatic rings. The molecule has 0 aliphatic heterocycles. The highest BCUT2D eigenvalue weighted by Crippen LogP contribution is 2.40. The fraction of sp³-hybridized carbons (Fsp3) is 0.364. The lowest BCUT2D eigenvalue weighted by molar-refractivity contribution is -0.151. The number of benzene rings is 2. The molecule has 27 heavy (non-hydrogen) atoms. The van der Waals surface area contributed by atoms with Gasteiger partial charge in [0.05, 0.1) is 6.61 Å². The van der Waals surface area contributed by atoms with Gasteiger partial charge in [0.25, 0.3) is 0 Å². The SMILES string of the molecule is CCOC(=O)C(CCC(Sc1ccc(Cl)cc1)c1ccc(C)cc1)C(C)=O. The Morgan fingerprint density at radius 1 is 1.04 bits per heavy atom. The molecule has 0 spiro atoms. The van der Waals surface area contributed by atoms with E-state index >= 15 is 0 Å². The van der Waals surface area contributed by atoms with Gasteiger partial charge in [-0.05, 0) is 63.4 Å². The molecule has 3 nitrogen and oxygen atoms in total. The second kappa shape index (κ2) is 10.5. The molecule has 0 fully saturated rings. The van der Waals surface area contributed by atoms with Crippen LogP contribution in [0.5, 0.6) is 0 Å². The van der Waals surface area contributed by atoms with Gasteiger partial charge in [0.15, 0.2) is 0 Å². The average Bonchev–Trinajstić information content (AvgIpc) is 2.63. The number of carbonyl (C=O) groups excluding carboxylic acids is 2. The fourth-order valence-corrected chi connectivity index (χ4v) is 4.10. The van der Waals surface area contributed by atoms with E-state index in [-0.39, 0.29) is 17.6 Å². The number of Topliss-reactive ketones (excluding diaryl/α,β-unsaturated/α-hetero) is 1. The molecule has 144 valence electrons. The molecule has 2 unspecified atom stereocenters. The van der Waals surface area contributed by atoms with E-state index in [9.17, 15) is 9.59 Å². The van der Waals surface area contributed by atoms with E-state index in [1.54, 1.807) is 18.7 Å². The maximum Gasteiger partial charge on any atom is 0.316 e. The van der Waals surface area contributed by atoms with Crippen LogP contribution in [0.4, 0.5) is 0 Å². The Morgan fingerprint density at radius 3 is 2.22 bits per heavy atom. The first-order valence-electron chi connectivity index (χ1n) is 9.06. The van der Waals surface area contributed by atoms with Crippen LogP contribution < -0.4 is 0 Å². The molecule has 0 heterocycles. The van der Waals surface area contributed by atoms with Gasteiger partial charge in [-0.3, -0.25) is 9.59 Å². The van der Waals surface area contributed by atoms with Crippen molar-refractivity contribution >= 4 is 35.1 Å². The number of hydrogen-bond acceptors (Lipinski definition) is 4. The van der Waals surface area contributed by atoms with Crippen molar-refractivity contribution in [2.75, 3.05) is 6.61 Å². The lowest BCUT2D eigenvalue weighted by Gasteiger charge is -2.20. The van der Waals surface area contributed by atoms with Gasteiger partial charge in [0, 0.05) is 15.2 Å². The van der Waals surface area contributed by atoms with E-state index in [0.717, 1.165) is 4.90 Å². The number of thioether (sulfide) groups is 1. The van der Waals surface area contributed by atoms with Crippen molar-refractivity contribution in [3.05, 3.63) is 64.7 Å². The summed E-state index contributed by atoms with van der Waals surface area (Å²) in [7, 11) is 0. The Hall–Kier alpha value is -1.78. The van der Waals surface area contributed by atoms with E-state index in [1.807, 2.05) is 24.3 Å². The molecule has 2 aromatic carbocycles. The van der Waals surface area contributed by atoms with Crippen molar-refractivity contribution < 1.29 is 14.3 Å².